The molecule has 3 nitrogen and oxygen atoms in total. The zero-order chi connectivity index (χ0) is 14.6. The minimum absolute atomic E-state index is 0.395. The van der Waals surface area contributed by atoms with Gasteiger partial charge in [-0.25, -0.2) is 0 Å². The van der Waals surface area contributed by atoms with E-state index < -0.39 is 0 Å². The summed E-state index contributed by atoms with van der Waals surface area (Å²) in [5.74, 6) is 1.53. The summed E-state index contributed by atoms with van der Waals surface area (Å²) in [6.45, 7) is 7.22. The summed E-state index contributed by atoms with van der Waals surface area (Å²) in [4.78, 5) is 2.28. The molecule has 0 aliphatic heterocycles. The van der Waals surface area contributed by atoms with E-state index in [0.29, 0.717) is 12.0 Å². The highest BCUT2D eigenvalue weighted by molar-refractivity contribution is 5.44. The summed E-state index contributed by atoms with van der Waals surface area (Å²) < 4.78 is 5.45. The van der Waals surface area contributed by atoms with Crippen molar-refractivity contribution in [2.75, 3.05) is 27.7 Å². The molecule has 0 heterocycles. The van der Waals surface area contributed by atoms with E-state index in [-0.39, 0.29) is 0 Å². The molecule has 2 N–H and O–H groups in total. The van der Waals surface area contributed by atoms with Crippen molar-refractivity contribution >= 4 is 0 Å². The molecule has 1 rings (SSSR count). The van der Waals surface area contributed by atoms with Crippen LogP contribution in [0.25, 0.3) is 0 Å². The van der Waals surface area contributed by atoms with Gasteiger partial charge in [0.2, 0.25) is 0 Å². The van der Waals surface area contributed by atoms with Crippen molar-refractivity contribution in [1.82, 2.24) is 4.90 Å². The first-order valence-corrected chi connectivity index (χ1v) is 6.94. The van der Waals surface area contributed by atoms with Gasteiger partial charge in [0.1, 0.15) is 5.75 Å². The number of nitrogens with two attached hydrogens (primary N) is 1. The highest BCUT2D eigenvalue weighted by Crippen LogP contribution is 2.33. The van der Waals surface area contributed by atoms with E-state index in [0.717, 1.165) is 18.7 Å². The lowest BCUT2D eigenvalue weighted by atomic mass is 9.89. The van der Waals surface area contributed by atoms with Crippen molar-refractivity contribution in [1.29, 1.82) is 0 Å². The zero-order valence-electron chi connectivity index (χ0n) is 13.2. The predicted molar refractivity (Wildman–Crippen MR) is 81.7 cm³/mol. The molecule has 0 radical (unpaired) electrons. The molecule has 1 aromatic rings. The van der Waals surface area contributed by atoms with Crippen LogP contribution in [0.15, 0.2) is 12.1 Å². The third-order valence-corrected chi connectivity index (χ3v) is 3.75. The molecular formula is C16H28N2O. The number of nitrogens with zero attached hydrogens (tertiary/aromatic N) is 1. The molecule has 1 aromatic carbocycles. The number of hydrogen-bond donors (Lipinski definition) is 1. The Hall–Kier alpha value is -1.06. The smallest absolute Gasteiger partial charge is 0.124 e. The quantitative estimate of drug-likeness (QED) is 0.858. The lowest BCUT2D eigenvalue weighted by Gasteiger charge is -2.31. The fourth-order valence-electron chi connectivity index (χ4n) is 3.03. The van der Waals surface area contributed by atoms with Crippen LogP contribution in [0.4, 0.5) is 0 Å². The van der Waals surface area contributed by atoms with Gasteiger partial charge in [-0.1, -0.05) is 19.1 Å². The molecule has 3 heteroatoms. The number of ether oxygens (including phenoxy) is 1. The predicted octanol–water partition coefficient (Wildman–Crippen LogP) is 2.90. The monoisotopic (exact) mass is 264 g/mol. The molecule has 2 unspecified atom stereocenters. The maximum atomic E-state index is 5.71. The van der Waals surface area contributed by atoms with E-state index in [2.05, 4.69) is 51.9 Å². The fourth-order valence-corrected chi connectivity index (χ4v) is 3.03. The summed E-state index contributed by atoms with van der Waals surface area (Å²) >= 11 is 0. The molecule has 0 spiro atoms. The molecule has 0 bridgehead atoms. The van der Waals surface area contributed by atoms with Gasteiger partial charge in [0.25, 0.3) is 0 Å². The van der Waals surface area contributed by atoms with Crippen molar-refractivity contribution in [2.45, 2.75) is 33.2 Å². The van der Waals surface area contributed by atoms with Crippen LogP contribution >= 0.6 is 0 Å². The van der Waals surface area contributed by atoms with Gasteiger partial charge < -0.3 is 15.4 Å². The summed E-state index contributed by atoms with van der Waals surface area (Å²) in [5, 5.41) is 0. The zero-order valence-corrected chi connectivity index (χ0v) is 13.2. The van der Waals surface area contributed by atoms with Gasteiger partial charge in [0.05, 0.1) is 7.11 Å². The lowest BCUT2D eigenvalue weighted by molar-refractivity contribution is 0.216. The van der Waals surface area contributed by atoms with Gasteiger partial charge in [-0.2, -0.15) is 0 Å². The van der Waals surface area contributed by atoms with Crippen LogP contribution in [0.1, 0.15) is 36.1 Å². The maximum Gasteiger partial charge on any atom is 0.124 e. The Labute approximate surface area is 117 Å². The largest absolute Gasteiger partial charge is 0.496 e. The summed E-state index contributed by atoms with van der Waals surface area (Å²) in [6, 6.07) is 4.87. The second kappa shape index (κ2) is 6.92. The van der Waals surface area contributed by atoms with Crippen LogP contribution in [0.5, 0.6) is 5.75 Å². The van der Waals surface area contributed by atoms with Crippen LogP contribution in [0.3, 0.4) is 0 Å². The second-order valence-corrected chi connectivity index (χ2v) is 5.65. The first-order valence-electron chi connectivity index (χ1n) is 6.94. The third-order valence-electron chi connectivity index (χ3n) is 3.75. The van der Waals surface area contributed by atoms with Crippen LogP contribution in [-0.4, -0.2) is 32.6 Å². The molecule has 2 atom stereocenters. The number of benzene rings is 1. The van der Waals surface area contributed by atoms with Gasteiger partial charge in [0.15, 0.2) is 0 Å². The third kappa shape index (κ3) is 3.71. The molecule has 19 heavy (non-hydrogen) atoms. The Balaban J connectivity index is 3.17. The molecule has 0 aliphatic carbocycles. The van der Waals surface area contributed by atoms with Crippen molar-refractivity contribution in [3.8, 4) is 5.75 Å². The van der Waals surface area contributed by atoms with Crippen LogP contribution < -0.4 is 10.5 Å². The average Bonchev–Trinajstić information content (AvgIpc) is 2.28. The first kappa shape index (κ1) is 16.0. The minimum Gasteiger partial charge on any atom is -0.496 e. The number of hydrogen-bond acceptors (Lipinski definition) is 3. The van der Waals surface area contributed by atoms with Crippen molar-refractivity contribution < 1.29 is 4.74 Å². The van der Waals surface area contributed by atoms with Gasteiger partial charge in [0, 0.05) is 6.04 Å². The molecule has 0 aliphatic rings. The van der Waals surface area contributed by atoms with Crippen LogP contribution in [0.2, 0.25) is 0 Å². The van der Waals surface area contributed by atoms with Crippen LogP contribution in [-0.2, 0) is 0 Å². The Morgan fingerprint density at radius 1 is 1.21 bits per heavy atom. The highest BCUT2D eigenvalue weighted by Gasteiger charge is 2.22. The number of rotatable bonds is 6. The van der Waals surface area contributed by atoms with Crippen molar-refractivity contribution in [3.05, 3.63) is 28.8 Å². The Morgan fingerprint density at radius 2 is 1.74 bits per heavy atom. The normalized spacial score (nSPS) is 14.5. The van der Waals surface area contributed by atoms with Gasteiger partial charge in [-0.3, -0.25) is 0 Å². The Kier molecular flexibility index (Phi) is 5.83. The molecular weight excluding hydrogens is 236 g/mol. The number of methoxy groups -OCH3 is 1. The topological polar surface area (TPSA) is 38.5 Å². The van der Waals surface area contributed by atoms with Crippen molar-refractivity contribution in [2.24, 2.45) is 11.7 Å². The standard InChI is InChI=1S/C16H28N2O/c1-11(7-8-17)15(18(4)5)14-9-12(2)16(19-6)13(3)10-14/h9-11,15H,7-8,17H2,1-6H3. The SMILES string of the molecule is COc1c(C)cc(C(C(C)CCN)N(C)C)cc1C. The van der Waals surface area contributed by atoms with E-state index >= 15 is 0 Å². The summed E-state index contributed by atoms with van der Waals surface area (Å²) in [6.07, 6.45) is 1.03. The van der Waals surface area contributed by atoms with E-state index in [9.17, 15) is 0 Å². The highest BCUT2D eigenvalue weighted by atomic mass is 16.5. The lowest BCUT2D eigenvalue weighted by Crippen LogP contribution is -2.27. The Morgan fingerprint density at radius 3 is 2.11 bits per heavy atom. The van der Waals surface area contributed by atoms with Gasteiger partial charge >= 0.3 is 0 Å². The van der Waals surface area contributed by atoms with Gasteiger partial charge in [-0.05, 0) is 63.5 Å². The van der Waals surface area contributed by atoms with Gasteiger partial charge in [-0.15, -0.1) is 0 Å². The number of aryl methyl sites for hydroxylation is 2. The van der Waals surface area contributed by atoms with E-state index in [1.807, 2.05) is 0 Å². The molecule has 0 aromatic heterocycles. The molecule has 0 fully saturated rings. The van der Waals surface area contributed by atoms with Crippen LogP contribution in [0, 0.1) is 19.8 Å². The maximum absolute atomic E-state index is 5.71. The molecule has 0 saturated carbocycles. The van der Waals surface area contributed by atoms with Crippen molar-refractivity contribution in [3.63, 3.8) is 0 Å². The van der Waals surface area contributed by atoms with E-state index in [4.69, 9.17) is 10.5 Å². The fraction of sp³-hybridized carbons (Fsp3) is 0.625. The average molecular weight is 264 g/mol. The molecule has 108 valence electrons. The molecule has 0 saturated heterocycles. The summed E-state index contributed by atoms with van der Waals surface area (Å²) in [7, 11) is 5.99. The minimum atomic E-state index is 0.395. The van der Waals surface area contributed by atoms with E-state index in [1.54, 1.807) is 7.11 Å². The van der Waals surface area contributed by atoms with E-state index in [1.165, 1.54) is 16.7 Å². The second-order valence-electron chi connectivity index (χ2n) is 5.65. The Bertz CT molecular complexity index is 392. The summed E-state index contributed by atoms with van der Waals surface area (Å²) in [5.41, 5.74) is 9.46. The first-order chi connectivity index (χ1) is 8.92. The molecule has 0 amide bonds.